The van der Waals surface area contributed by atoms with E-state index in [0.29, 0.717) is 76.5 Å². The lowest BCUT2D eigenvalue weighted by atomic mass is 10.1. The first-order valence-corrected chi connectivity index (χ1v) is 12.5. The van der Waals surface area contributed by atoms with Crippen molar-refractivity contribution in [2.24, 2.45) is 0 Å². The van der Waals surface area contributed by atoms with E-state index in [9.17, 15) is 4.79 Å². The predicted molar refractivity (Wildman–Crippen MR) is 142 cm³/mol. The minimum atomic E-state index is -0.375. The first-order valence-electron chi connectivity index (χ1n) is 12.5. The molecule has 0 saturated carbocycles. The lowest BCUT2D eigenvalue weighted by molar-refractivity contribution is 0.0223. The molecule has 0 aliphatic carbocycles. The first kappa shape index (κ1) is 31.2. The molecule has 0 aromatic heterocycles. The fraction of sp³-hybridized carbons (Fsp3) is 0.464. The van der Waals surface area contributed by atoms with Gasteiger partial charge in [0, 0.05) is 0 Å². The molecule has 0 aliphatic heterocycles. The number of hydrogen-bond acceptors (Lipinski definition) is 10. The molecule has 0 atom stereocenters. The Morgan fingerprint density at radius 2 is 1.11 bits per heavy atom. The quantitative estimate of drug-likeness (QED) is 0.140. The van der Waals surface area contributed by atoms with Gasteiger partial charge in [-0.05, 0) is 35.4 Å². The number of aliphatic hydroxyl groups is 2. The summed E-state index contributed by atoms with van der Waals surface area (Å²) in [6.45, 7) is 3.57. The summed E-state index contributed by atoms with van der Waals surface area (Å²) in [4.78, 5) is 11.6. The molecule has 2 aromatic carbocycles. The van der Waals surface area contributed by atoms with Gasteiger partial charge in [-0.1, -0.05) is 30.4 Å². The van der Waals surface area contributed by atoms with Gasteiger partial charge in [0.2, 0.25) is 0 Å². The highest BCUT2D eigenvalue weighted by molar-refractivity contribution is 5.89. The molecule has 2 rings (SSSR count). The van der Waals surface area contributed by atoms with Gasteiger partial charge < -0.3 is 43.4 Å². The number of methoxy groups -OCH3 is 1. The second kappa shape index (κ2) is 20.0. The van der Waals surface area contributed by atoms with E-state index in [1.165, 1.54) is 7.11 Å². The summed E-state index contributed by atoms with van der Waals surface area (Å²) < 4.78 is 37.8. The molecular weight excluding hydrogens is 496 g/mol. The largest absolute Gasteiger partial charge is 0.487 e. The number of carbonyl (C=O) groups is 1. The molecule has 0 heterocycles. The molecule has 0 saturated heterocycles. The zero-order valence-electron chi connectivity index (χ0n) is 21.8. The summed E-state index contributed by atoms with van der Waals surface area (Å²) in [7, 11) is 1.35. The predicted octanol–water partition coefficient (Wildman–Crippen LogP) is 2.45. The molecule has 210 valence electrons. The van der Waals surface area contributed by atoms with Crippen molar-refractivity contribution in [2.45, 2.75) is 0 Å². The first-order chi connectivity index (χ1) is 18.7. The van der Waals surface area contributed by atoms with E-state index in [-0.39, 0.29) is 25.8 Å². The lowest BCUT2D eigenvalue weighted by Crippen LogP contribution is -2.13. The summed E-state index contributed by atoms with van der Waals surface area (Å²) in [5.74, 6) is 0.774. The van der Waals surface area contributed by atoms with E-state index in [1.54, 1.807) is 12.1 Å². The van der Waals surface area contributed by atoms with E-state index < -0.39 is 0 Å². The Morgan fingerprint density at radius 1 is 0.632 bits per heavy atom. The molecule has 10 heteroatoms. The van der Waals surface area contributed by atoms with Crippen LogP contribution >= 0.6 is 0 Å². The lowest BCUT2D eigenvalue weighted by Gasteiger charge is -2.14. The van der Waals surface area contributed by atoms with E-state index in [4.69, 9.17) is 43.4 Å². The van der Waals surface area contributed by atoms with E-state index >= 15 is 0 Å². The summed E-state index contributed by atoms with van der Waals surface area (Å²) >= 11 is 0. The minimum Gasteiger partial charge on any atom is -0.487 e. The van der Waals surface area contributed by atoms with Crippen molar-refractivity contribution in [3.63, 3.8) is 0 Å². The van der Waals surface area contributed by atoms with Gasteiger partial charge in [-0.3, -0.25) is 0 Å². The standard InChI is InChI=1S/C28H38O10/c1-32-28(31)25-7-4-23(5-8-25)2-3-24-6-9-26(37-20-18-35-16-14-33-12-10-29)27(22-24)38-21-19-36-17-15-34-13-11-30/h2-9,22,29-30H,10-21H2,1H3/b3-2+. The Labute approximate surface area is 223 Å². The molecule has 2 aromatic rings. The molecule has 0 unspecified atom stereocenters. The van der Waals surface area contributed by atoms with E-state index in [1.807, 2.05) is 42.5 Å². The van der Waals surface area contributed by atoms with Crippen molar-refractivity contribution in [1.82, 2.24) is 0 Å². The van der Waals surface area contributed by atoms with Gasteiger partial charge in [-0.25, -0.2) is 4.79 Å². The van der Waals surface area contributed by atoms with Crippen molar-refractivity contribution >= 4 is 18.1 Å². The molecule has 38 heavy (non-hydrogen) atoms. The number of ether oxygens (including phenoxy) is 7. The zero-order valence-corrected chi connectivity index (χ0v) is 21.8. The van der Waals surface area contributed by atoms with Crippen LogP contribution in [0.4, 0.5) is 0 Å². The smallest absolute Gasteiger partial charge is 0.337 e. The van der Waals surface area contributed by atoms with Gasteiger partial charge in [0.05, 0.1) is 78.7 Å². The van der Waals surface area contributed by atoms with Crippen LogP contribution in [0.15, 0.2) is 42.5 Å². The van der Waals surface area contributed by atoms with Crippen molar-refractivity contribution < 1.29 is 48.2 Å². The third-order valence-electron chi connectivity index (χ3n) is 4.95. The van der Waals surface area contributed by atoms with Crippen LogP contribution in [0.5, 0.6) is 11.5 Å². The Morgan fingerprint density at radius 3 is 1.66 bits per heavy atom. The molecule has 10 nitrogen and oxygen atoms in total. The topological polar surface area (TPSA) is 122 Å². The number of aliphatic hydroxyl groups excluding tert-OH is 2. The van der Waals surface area contributed by atoms with E-state index in [0.717, 1.165) is 11.1 Å². The van der Waals surface area contributed by atoms with Crippen molar-refractivity contribution in [3.05, 3.63) is 59.2 Å². The minimum absolute atomic E-state index is 0.0126. The number of hydrogen-bond donors (Lipinski definition) is 2. The maximum absolute atomic E-state index is 11.6. The SMILES string of the molecule is COC(=O)c1ccc(/C=C/c2ccc(OCCOCCOCCO)c(OCCOCCOCCO)c2)cc1. The molecule has 0 fully saturated rings. The Balaban J connectivity index is 1.93. The van der Waals surface area contributed by atoms with Crippen LogP contribution < -0.4 is 9.47 Å². The van der Waals surface area contributed by atoms with Gasteiger partial charge in [-0.15, -0.1) is 0 Å². The van der Waals surface area contributed by atoms with Crippen LogP contribution in [0.2, 0.25) is 0 Å². The molecule has 0 amide bonds. The van der Waals surface area contributed by atoms with Crippen LogP contribution in [0.25, 0.3) is 12.2 Å². The van der Waals surface area contributed by atoms with Crippen LogP contribution in [-0.4, -0.2) is 103 Å². The van der Waals surface area contributed by atoms with Gasteiger partial charge in [-0.2, -0.15) is 0 Å². The van der Waals surface area contributed by atoms with Crippen molar-refractivity contribution in [1.29, 1.82) is 0 Å². The van der Waals surface area contributed by atoms with Crippen molar-refractivity contribution in [3.8, 4) is 11.5 Å². The fourth-order valence-corrected chi connectivity index (χ4v) is 3.10. The van der Waals surface area contributed by atoms with Crippen LogP contribution in [0, 0.1) is 0 Å². The molecule has 0 radical (unpaired) electrons. The average molecular weight is 535 g/mol. The number of rotatable bonds is 21. The fourth-order valence-electron chi connectivity index (χ4n) is 3.10. The Kier molecular flexibility index (Phi) is 16.5. The third-order valence-corrected chi connectivity index (χ3v) is 4.95. The Bertz CT molecular complexity index is 930. The number of carbonyl (C=O) groups excluding carboxylic acids is 1. The van der Waals surface area contributed by atoms with Crippen molar-refractivity contribution in [2.75, 3.05) is 86.4 Å². The molecule has 2 N–H and O–H groups in total. The van der Waals surface area contributed by atoms with Gasteiger partial charge in [0.1, 0.15) is 13.2 Å². The molecular formula is C28H38O10. The summed E-state index contributed by atoms with van der Waals surface area (Å²) in [5.41, 5.74) is 2.32. The third kappa shape index (κ3) is 13.0. The van der Waals surface area contributed by atoms with Crippen LogP contribution in [0.1, 0.15) is 21.5 Å². The highest BCUT2D eigenvalue weighted by Gasteiger charge is 2.07. The van der Waals surface area contributed by atoms with Gasteiger partial charge in [0.25, 0.3) is 0 Å². The molecule has 0 aliphatic rings. The molecule has 0 spiro atoms. The second-order valence-corrected chi connectivity index (χ2v) is 7.75. The maximum Gasteiger partial charge on any atom is 0.337 e. The van der Waals surface area contributed by atoms with Crippen LogP contribution in [-0.2, 0) is 23.7 Å². The normalized spacial score (nSPS) is 11.1. The zero-order chi connectivity index (χ0) is 27.3. The number of benzene rings is 2. The summed E-state index contributed by atoms with van der Waals surface area (Å²) in [6, 6.07) is 12.7. The summed E-state index contributed by atoms with van der Waals surface area (Å²) in [6.07, 6.45) is 3.87. The highest BCUT2D eigenvalue weighted by atomic mass is 16.6. The van der Waals surface area contributed by atoms with Gasteiger partial charge in [0.15, 0.2) is 11.5 Å². The molecule has 0 bridgehead atoms. The maximum atomic E-state index is 11.6. The number of esters is 1. The summed E-state index contributed by atoms with van der Waals surface area (Å²) in [5, 5.41) is 17.4. The highest BCUT2D eigenvalue weighted by Crippen LogP contribution is 2.29. The van der Waals surface area contributed by atoms with Gasteiger partial charge >= 0.3 is 5.97 Å². The average Bonchev–Trinajstić information content (AvgIpc) is 2.95. The Hall–Kier alpha value is -2.99. The second-order valence-electron chi connectivity index (χ2n) is 7.75. The monoisotopic (exact) mass is 534 g/mol. The van der Waals surface area contributed by atoms with E-state index in [2.05, 4.69) is 0 Å². The van der Waals surface area contributed by atoms with Crippen LogP contribution in [0.3, 0.4) is 0 Å².